The molecule has 0 aliphatic carbocycles. The fraction of sp³-hybridized carbons (Fsp3) is 0.194. The number of halogens is 1. The molecular formula is C31H26ClN3O7S. The van der Waals surface area contributed by atoms with Crippen LogP contribution in [0, 0.1) is 10.1 Å². The molecule has 0 bridgehead atoms. The van der Waals surface area contributed by atoms with Crippen molar-refractivity contribution in [3.8, 4) is 11.5 Å². The Hall–Kier alpha value is -4.74. The van der Waals surface area contributed by atoms with E-state index in [1.54, 1.807) is 67.6 Å². The number of rotatable bonds is 9. The van der Waals surface area contributed by atoms with Crippen LogP contribution in [0.25, 0.3) is 6.08 Å². The summed E-state index contributed by atoms with van der Waals surface area (Å²) in [7, 11) is 1.29. The number of nitro benzene ring substituents is 1. The molecule has 4 aromatic rings. The maximum absolute atomic E-state index is 13.8. The van der Waals surface area contributed by atoms with Gasteiger partial charge in [0.15, 0.2) is 16.3 Å². The number of esters is 1. The first-order valence-electron chi connectivity index (χ1n) is 13.2. The lowest BCUT2D eigenvalue weighted by Gasteiger charge is -2.24. The molecule has 0 fully saturated rings. The fourth-order valence-corrected chi connectivity index (χ4v) is 5.85. The van der Waals surface area contributed by atoms with Crippen molar-refractivity contribution in [3.63, 3.8) is 0 Å². The van der Waals surface area contributed by atoms with Crippen LogP contribution in [-0.2, 0) is 16.1 Å². The first-order chi connectivity index (χ1) is 20.7. The summed E-state index contributed by atoms with van der Waals surface area (Å²) in [6.07, 6.45) is 1.74. The van der Waals surface area contributed by atoms with Gasteiger partial charge in [-0.05, 0) is 73.0 Å². The van der Waals surface area contributed by atoms with Crippen molar-refractivity contribution in [2.24, 2.45) is 4.99 Å². The quantitative estimate of drug-likeness (QED) is 0.148. The summed E-state index contributed by atoms with van der Waals surface area (Å²) >= 11 is 7.32. The minimum absolute atomic E-state index is 0.00422. The van der Waals surface area contributed by atoms with E-state index in [4.69, 9.17) is 25.8 Å². The number of nitrogens with zero attached hydrogens (tertiary/aromatic N) is 3. The maximum atomic E-state index is 13.8. The van der Waals surface area contributed by atoms with Crippen molar-refractivity contribution in [3.05, 3.63) is 130 Å². The number of hydrogen-bond donors (Lipinski definition) is 0. The molecule has 0 radical (unpaired) electrons. The van der Waals surface area contributed by atoms with Crippen LogP contribution in [0.2, 0.25) is 5.02 Å². The van der Waals surface area contributed by atoms with E-state index >= 15 is 0 Å². The molecule has 0 spiro atoms. The molecule has 0 unspecified atom stereocenters. The third-order valence-corrected chi connectivity index (χ3v) is 7.95. The molecule has 1 aliphatic heterocycles. The second kappa shape index (κ2) is 12.6. The summed E-state index contributed by atoms with van der Waals surface area (Å²) in [5.41, 5.74) is 2.58. The van der Waals surface area contributed by atoms with Crippen molar-refractivity contribution in [1.82, 2.24) is 4.57 Å². The molecule has 0 amide bonds. The number of thiazole rings is 1. The third kappa shape index (κ3) is 6.23. The molecule has 12 heteroatoms. The number of ether oxygens (including phenoxy) is 3. The Labute approximate surface area is 254 Å². The lowest BCUT2D eigenvalue weighted by atomic mass is 9.96. The molecule has 1 aliphatic rings. The van der Waals surface area contributed by atoms with Crippen LogP contribution in [0.15, 0.2) is 87.8 Å². The van der Waals surface area contributed by atoms with Gasteiger partial charge in [0.25, 0.3) is 11.2 Å². The average molecular weight is 620 g/mol. The lowest BCUT2D eigenvalue weighted by molar-refractivity contribution is -0.384. The molecule has 220 valence electrons. The summed E-state index contributed by atoms with van der Waals surface area (Å²) in [5, 5.41) is 11.4. The van der Waals surface area contributed by atoms with Gasteiger partial charge in [-0.25, -0.2) is 9.79 Å². The monoisotopic (exact) mass is 619 g/mol. The maximum Gasteiger partial charge on any atom is 0.338 e. The molecular weight excluding hydrogens is 594 g/mol. The number of carbonyl (C=O) groups excluding carboxylic acids is 1. The highest BCUT2D eigenvalue weighted by Gasteiger charge is 2.33. The SMILES string of the molecule is CCOc1cc(/C=c2\sc3n(c2=O)[C@H](c2ccc(Cl)cc2)C(C(=O)OC)=C(C)N=3)ccc1OCc1ccc([N+](=O)[O-])cc1. The second-order valence-corrected chi connectivity index (χ2v) is 10.9. The minimum Gasteiger partial charge on any atom is -0.490 e. The molecule has 10 nitrogen and oxygen atoms in total. The Morgan fingerprint density at radius 1 is 1.09 bits per heavy atom. The average Bonchev–Trinajstić information content (AvgIpc) is 3.30. The van der Waals surface area contributed by atoms with Crippen molar-refractivity contribution in [2.75, 3.05) is 13.7 Å². The standard InChI is InChI=1S/C31H26ClN3O7S/c1-4-41-25-15-20(7-14-24(25)42-17-19-5-12-23(13-6-19)35(38)39)16-26-29(36)34-28(21-8-10-22(32)11-9-21)27(30(37)40-3)18(2)33-31(34)43-26/h5-16,28H,4,17H2,1-3H3/b26-16-/t28-/m1/s1. The Morgan fingerprint density at radius 2 is 1.81 bits per heavy atom. The van der Waals surface area contributed by atoms with E-state index in [9.17, 15) is 19.7 Å². The number of benzene rings is 3. The van der Waals surface area contributed by atoms with Crippen LogP contribution in [0.1, 0.15) is 36.6 Å². The molecule has 0 saturated carbocycles. The predicted octanol–water partition coefficient (Wildman–Crippen LogP) is 4.95. The lowest BCUT2D eigenvalue weighted by Crippen LogP contribution is -2.39. The molecule has 43 heavy (non-hydrogen) atoms. The summed E-state index contributed by atoms with van der Waals surface area (Å²) in [6.45, 7) is 4.14. The number of allylic oxidation sites excluding steroid dienone is 1. The highest BCUT2D eigenvalue weighted by atomic mass is 35.5. The van der Waals surface area contributed by atoms with Crippen LogP contribution in [0.3, 0.4) is 0 Å². The number of nitro groups is 1. The van der Waals surface area contributed by atoms with E-state index < -0.39 is 16.9 Å². The van der Waals surface area contributed by atoms with Gasteiger partial charge < -0.3 is 14.2 Å². The normalized spacial score (nSPS) is 14.6. The van der Waals surface area contributed by atoms with Crippen molar-refractivity contribution in [2.45, 2.75) is 26.5 Å². The zero-order chi connectivity index (χ0) is 30.7. The topological polar surface area (TPSA) is 122 Å². The molecule has 2 heterocycles. The molecule has 0 saturated heterocycles. The number of fused-ring (bicyclic) bond motifs is 1. The van der Waals surface area contributed by atoms with E-state index in [0.29, 0.717) is 49.3 Å². The highest BCUT2D eigenvalue weighted by molar-refractivity contribution is 7.07. The smallest absolute Gasteiger partial charge is 0.338 e. The highest BCUT2D eigenvalue weighted by Crippen LogP contribution is 2.32. The first kappa shape index (κ1) is 29.7. The number of methoxy groups -OCH3 is 1. The van der Waals surface area contributed by atoms with E-state index in [0.717, 1.165) is 5.56 Å². The van der Waals surface area contributed by atoms with Crippen LogP contribution >= 0.6 is 22.9 Å². The van der Waals surface area contributed by atoms with Crippen LogP contribution in [0.5, 0.6) is 11.5 Å². The first-order valence-corrected chi connectivity index (χ1v) is 14.4. The van der Waals surface area contributed by atoms with E-state index in [-0.39, 0.29) is 23.4 Å². The zero-order valence-corrected chi connectivity index (χ0v) is 25.0. The fourth-order valence-electron chi connectivity index (χ4n) is 4.68. The summed E-state index contributed by atoms with van der Waals surface area (Å²) in [6, 6.07) is 17.7. The number of non-ortho nitro benzene ring substituents is 1. The summed E-state index contributed by atoms with van der Waals surface area (Å²) in [4.78, 5) is 42.1. The molecule has 0 N–H and O–H groups in total. The molecule has 5 rings (SSSR count). The van der Waals surface area contributed by atoms with Crippen LogP contribution in [-0.4, -0.2) is 29.2 Å². The van der Waals surface area contributed by atoms with Gasteiger partial charge in [-0.2, -0.15) is 0 Å². The largest absolute Gasteiger partial charge is 0.490 e. The van der Waals surface area contributed by atoms with Gasteiger partial charge in [0.1, 0.15) is 6.61 Å². The molecule has 3 aromatic carbocycles. The van der Waals surface area contributed by atoms with Crippen molar-refractivity contribution in [1.29, 1.82) is 0 Å². The Bertz CT molecular complexity index is 1910. The Kier molecular flexibility index (Phi) is 8.74. The van der Waals surface area contributed by atoms with E-state index in [1.165, 1.54) is 35.1 Å². The Morgan fingerprint density at radius 3 is 2.47 bits per heavy atom. The van der Waals surface area contributed by atoms with Gasteiger partial charge in [-0.1, -0.05) is 41.1 Å². The van der Waals surface area contributed by atoms with Gasteiger partial charge >= 0.3 is 5.97 Å². The van der Waals surface area contributed by atoms with Gasteiger partial charge in [0.2, 0.25) is 0 Å². The van der Waals surface area contributed by atoms with E-state index in [1.807, 2.05) is 6.92 Å². The number of hydrogen-bond acceptors (Lipinski definition) is 9. The van der Waals surface area contributed by atoms with Gasteiger partial charge in [-0.3, -0.25) is 19.5 Å². The zero-order valence-electron chi connectivity index (χ0n) is 23.4. The number of aromatic nitrogens is 1. The van der Waals surface area contributed by atoms with Gasteiger partial charge in [0.05, 0.1) is 40.5 Å². The van der Waals surface area contributed by atoms with Crippen LogP contribution < -0.4 is 24.4 Å². The molecule has 1 aromatic heterocycles. The van der Waals surface area contributed by atoms with Crippen LogP contribution in [0.4, 0.5) is 5.69 Å². The van der Waals surface area contributed by atoms with Crippen molar-refractivity contribution >= 4 is 40.7 Å². The second-order valence-electron chi connectivity index (χ2n) is 9.48. The third-order valence-electron chi connectivity index (χ3n) is 6.72. The minimum atomic E-state index is -0.739. The summed E-state index contributed by atoms with van der Waals surface area (Å²) < 4.78 is 18.7. The Balaban J connectivity index is 1.51. The van der Waals surface area contributed by atoms with Crippen molar-refractivity contribution < 1.29 is 23.9 Å². The summed E-state index contributed by atoms with van der Waals surface area (Å²) in [5.74, 6) is 0.398. The molecule has 1 atom stereocenters. The predicted molar refractivity (Wildman–Crippen MR) is 162 cm³/mol. The van der Waals surface area contributed by atoms with Gasteiger partial charge in [0, 0.05) is 17.2 Å². The van der Waals surface area contributed by atoms with E-state index in [2.05, 4.69) is 4.99 Å². The van der Waals surface area contributed by atoms with Gasteiger partial charge in [-0.15, -0.1) is 0 Å². The number of carbonyl (C=O) groups is 1.